The Bertz CT molecular complexity index is 447. The number of nitrogens with one attached hydrogen (secondary N) is 1. The van der Waals surface area contributed by atoms with Gasteiger partial charge in [-0.25, -0.2) is 4.98 Å². The van der Waals surface area contributed by atoms with E-state index in [1.165, 1.54) is 0 Å². The lowest BCUT2D eigenvalue weighted by Gasteiger charge is -2.29. The maximum absolute atomic E-state index is 12.7. The van der Waals surface area contributed by atoms with Gasteiger partial charge >= 0.3 is 0 Å². The molecule has 0 atom stereocenters. The molecule has 1 aromatic rings. The molecule has 1 amide bonds. The summed E-state index contributed by atoms with van der Waals surface area (Å²) in [6, 6.07) is 0.184. The largest absolute Gasteiger partial charge is 0.383 e. The molecule has 0 aliphatic heterocycles. The van der Waals surface area contributed by atoms with Crippen LogP contribution in [0.25, 0.3) is 0 Å². The molecule has 1 heterocycles. The van der Waals surface area contributed by atoms with E-state index in [9.17, 15) is 4.79 Å². The van der Waals surface area contributed by atoms with Crippen molar-refractivity contribution in [3.8, 4) is 0 Å². The first kappa shape index (κ1) is 17.6. The fourth-order valence-corrected chi connectivity index (χ4v) is 2.19. The van der Waals surface area contributed by atoms with E-state index < -0.39 is 0 Å². The fourth-order valence-electron chi connectivity index (χ4n) is 2.19. The van der Waals surface area contributed by atoms with E-state index in [1.807, 2.05) is 25.7 Å². The molecule has 0 saturated carbocycles. The number of carbonyl (C=O) groups excluding carboxylic acids is 1. The van der Waals surface area contributed by atoms with E-state index in [-0.39, 0.29) is 23.2 Å². The van der Waals surface area contributed by atoms with Crippen LogP contribution in [0.2, 0.25) is 0 Å². The summed E-state index contributed by atoms with van der Waals surface area (Å²) in [5.74, 6) is 0.831. The molecule has 0 fully saturated rings. The van der Waals surface area contributed by atoms with Crippen molar-refractivity contribution in [2.75, 3.05) is 20.3 Å². The quantitative estimate of drug-likeness (QED) is 0.838. The molecule has 6 heteroatoms. The second-order valence-corrected chi connectivity index (χ2v) is 6.22. The van der Waals surface area contributed by atoms with Crippen molar-refractivity contribution >= 4 is 5.91 Å². The molecule has 6 nitrogen and oxygen atoms in total. The lowest BCUT2D eigenvalue weighted by atomic mass is 9.96. The van der Waals surface area contributed by atoms with Crippen LogP contribution in [-0.2, 0) is 10.2 Å². The summed E-state index contributed by atoms with van der Waals surface area (Å²) in [5, 5.41) is 6.97. The monoisotopic (exact) mass is 296 g/mol. The topological polar surface area (TPSA) is 71.1 Å². The number of hydrogen-bond acceptors (Lipinski definition) is 4. The summed E-state index contributed by atoms with van der Waals surface area (Å²) < 4.78 is 5.11. The minimum absolute atomic E-state index is 0.132. The molecule has 21 heavy (non-hydrogen) atoms. The van der Waals surface area contributed by atoms with Crippen LogP contribution in [0.5, 0.6) is 0 Å². The highest BCUT2D eigenvalue weighted by atomic mass is 16.5. The third-order valence-electron chi connectivity index (χ3n) is 3.57. The third kappa shape index (κ3) is 4.52. The molecule has 0 saturated heterocycles. The van der Waals surface area contributed by atoms with Crippen molar-refractivity contribution in [2.24, 2.45) is 0 Å². The lowest BCUT2D eigenvalue weighted by molar-refractivity contribution is 0.0577. The van der Waals surface area contributed by atoms with Gasteiger partial charge in [0.25, 0.3) is 5.91 Å². The van der Waals surface area contributed by atoms with Gasteiger partial charge in [0.2, 0.25) is 5.82 Å². The van der Waals surface area contributed by atoms with Gasteiger partial charge in [-0.2, -0.15) is 0 Å². The number of carbonyl (C=O) groups is 1. The van der Waals surface area contributed by atoms with Gasteiger partial charge in [0.1, 0.15) is 5.82 Å². The number of ether oxygens (including phenoxy) is 1. The summed E-state index contributed by atoms with van der Waals surface area (Å²) in [7, 11) is 1.64. The molecule has 1 rings (SSSR count). The van der Waals surface area contributed by atoms with Gasteiger partial charge in [-0.05, 0) is 12.8 Å². The van der Waals surface area contributed by atoms with E-state index in [4.69, 9.17) is 4.74 Å². The summed E-state index contributed by atoms with van der Waals surface area (Å²) in [6.45, 7) is 11.3. The van der Waals surface area contributed by atoms with E-state index >= 15 is 0 Å². The first-order valence-electron chi connectivity index (χ1n) is 7.57. The average Bonchev–Trinajstić information content (AvgIpc) is 2.92. The summed E-state index contributed by atoms with van der Waals surface area (Å²) in [6.07, 6.45) is 1.81. The van der Waals surface area contributed by atoms with Gasteiger partial charge in [0, 0.05) is 25.1 Å². The first-order valence-corrected chi connectivity index (χ1v) is 7.57. The molecule has 0 unspecified atom stereocenters. The number of amides is 1. The van der Waals surface area contributed by atoms with Crippen molar-refractivity contribution < 1.29 is 9.53 Å². The fraction of sp³-hybridized carbons (Fsp3) is 0.800. The zero-order chi connectivity index (χ0) is 16.0. The summed E-state index contributed by atoms with van der Waals surface area (Å²) >= 11 is 0. The van der Waals surface area contributed by atoms with E-state index in [0.717, 1.165) is 18.7 Å². The van der Waals surface area contributed by atoms with Crippen LogP contribution < -0.4 is 0 Å². The molecule has 120 valence electrons. The standard InChI is InChI=1S/C15H28N4O2/c1-7-11(8-2)19(9-10-21-6)13(20)12-16-14(18-17-12)15(3,4)5/h11H,7-10H2,1-6H3,(H,16,17,18). The Kier molecular flexibility index (Phi) is 6.33. The minimum Gasteiger partial charge on any atom is -0.383 e. The number of aromatic nitrogens is 3. The van der Waals surface area contributed by atoms with E-state index in [2.05, 4.69) is 29.0 Å². The highest BCUT2D eigenvalue weighted by molar-refractivity contribution is 5.90. The highest BCUT2D eigenvalue weighted by Crippen LogP contribution is 2.18. The summed E-state index contributed by atoms with van der Waals surface area (Å²) in [5.41, 5.74) is -0.155. The normalized spacial score (nSPS) is 12.0. The smallest absolute Gasteiger partial charge is 0.293 e. The van der Waals surface area contributed by atoms with Gasteiger partial charge in [0.05, 0.1) is 6.61 Å². The minimum atomic E-state index is -0.155. The van der Waals surface area contributed by atoms with Crippen LogP contribution in [0, 0.1) is 0 Å². The number of methoxy groups -OCH3 is 1. The zero-order valence-corrected chi connectivity index (χ0v) is 14.1. The molecule has 0 radical (unpaired) electrons. The molecule has 1 aromatic heterocycles. The van der Waals surface area contributed by atoms with Gasteiger partial charge in [-0.1, -0.05) is 34.6 Å². The predicted octanol–water partition coefficient (Wildman–Crippen LogP) is 2.38. The van der Waals surface area contributed by atoms with Crippen LogP contribution in [0.4, 0.5) is 0 Å². The van der Waals surface area contributed by atoms with Crippen molar-refractivity contribution in [3.63, 3.8) is 0 Å². The Morgan fingerprint density at radius 3 is 2.38 bits per heavy atom. The Balaban J connectivity index is 2.96. The Morgan fingerprint density at radius 1 is 1.33 bits per heavy atom. The van der Waals surface area contributed by atoms with Crippen LogP contribution in [0.3, 0.4) is 0 Å². The second-order valence-electron chi connectivity index (χ2n) is 6.22. The SMILES string of the molecule is CCC(CC)N(CCOC)C(=O)c1n[nH]c(C(C)(C)C)n1. The zero-order valence-electron chi connectivity index (χ0n) is 14.1. The number of hydrogen-bond donors (Lipinski definition) is 1. The average molecular weight is 296 g/mol. The molecule has 1 N–H and O–H groups in total. The van der Waals surface area contributed by atoms with Crippen LogP contribution in [-0.4, -0.2) is 52.3 Å². The molecule has 0 aromatic carbocycles. The van der Waals surface area contributed by atoms with E-state index in [1.54, 1.807) is 7.11 Å². The van der Waals surface area contributed by atoms with E-state index in [0.29, 0.717) is 13.2 Å². The predicted molar refractivity (Wildman–Crippen MR) is 82.4 cm³/mol. The number of aromatic amines is 1. The van der Waals surface area contributed by atoms with Crippen molar-refractivity contribution in [1.29, 1.82) is 0 Å². The van der Waals surface area contributed by atoms with Crippen molar-refractivity contribution in [2.45, 2.75) is 58.9 Å². The maximum Gasteiger partial charge on any atom is 0.293 e. The van der Waals surface area contributed by atoms with Gasteiger partial charge in [-0.3, -0.25) is 9.89 Å². The van der Waals surface area contributed by atoms with Crippen LogP contribution in [0.15, 0.2) is 0 Å². The highest BCUT2D eigenvalue weighted by Gasteiger charge is 2.27. The second kappa shape index (κ2) is 7.54. The Hall–Kier alpha value is -1.43. The molecule has 0 bridgehead atoms. The van der Waals surface area contributed by atoms with Gasteiger partial charge in [-0.15, -0.1) is 5.10 Å². The third-order valence-corrected chi connectivity index (χ3v) is 3.57. The summed E-state index contributed by atoms with van der Waals surface area (Å²) in [4.78, 5) is 18.9. The Labute approximate surface area is 127 Å². The lowest BCUT2D eigenvalue weighted by Crippen LogP contribution is -2.42. The first-order chi connectivity index (χ1) is 9.85. The molecular formula is C15H28N4O2. The molecule has 0 aliphatic carbocycles. The van der Waals surface area contributed by atoms with Crippen molar-refractivity contribution in [3.05, 3.63) is 11.6 Å². The van der Waals surface area contributed by atoms with Gasteiger partial charge < -0.3 is 9.64 Å². The van der Waals surface area contributed by atoms with Crippen LogP contribution in [0.1, 0.15) is 63.9 Å². The Morgan fingerprint density at radius 2 is 1.95 bits per heavy atom. The number of H-pyrrole nitrogens is 1. The molecular weight excluding hydrogens is 268 g/mol. The van der Waals surface area contributed by atoms with Crippen molar-refractivity contribution in [1.82, 2.24) is 20.1 Å². The number of rotatable bonds is 7. The maximum atomic E-state index is 12.7. The molecule has 0 spiro atoms. The molecule has 0 aliphatic rings. The van der Waals surface area contributed by atoms with Gasteiger partial charge in [0.15, 0.2) is 0 Å². The number of nitrogens with zero attached hydrogens (tertiary/aromatic N) is 3. The van der Waals surface area contributed by atoms with Crippen LogP contribution >= 0.6 is 0 Å².